The molecule has 0 radical (unpaired) electrons. The molecule has 29 heavy (non-hydrogen) atoms. The normalized spacial score (nSPS) is 24.7. The summed E-state index contributed by atoms with van der Waals surface area (Å²) in [6, 6.07) is 15.8. The lowest BCUT2D eigenvalue weighted by atomic mass is 9.91. The van der Waals surface area contributed by atoms with Gasteiger partial charge >= 0.3 is 0 Å². The molecule has 4 rings (SSSR count). The minimum absolute atomic E-state index is 0.0464. The molecule has 3 unspecified atom stereocenters. The minimum Gasteiger partial charge on any atom is -0.490 e. The number of hydrogen-bond donors (Lipinski definition) is 1. The Labute approximate surface area is 173 Å². The van der Waals surface area contributed by atoms with Gasteiger partial charge in [-0.1, -0.05) is 37.3 Å². The highest BCUT2D eigenvalue weighted by atomic mass is 16.5. The first kappa shape index (κ1) is 19.8. The first-order valence-electron chi connectivity index (χ1n) is 10.6. The highest BCUT2D eigenvalue weighted by Gasteiger charge is 2.45. The fraction of sp³-hybridized carbons (Fsp3) is 0.458. The number of amides is 1. The number of hydrogen-bond acceptors (Lipinski definition) is 4. The summed E-state index contributed by atoms with van der Waals surface area (Å²) in [6.07, 6.45) is 3.12. The number of benzene rings is 2. The van der Waals surface area contributed by atoms with Crippen molar-refractivity contribution in [1.82, 2.24) is 4.90 Å². The van der Waals surface area contributed by atoms with Crippen molar-refractivity contribution in [2.75, 3.05) is 18.5 Å². The molecule has 154 valence electrons. The number of nitrogens with one attached hydrogen (secondary N) is 1. The van der Waals surface area contributed by atoms with Gasteiger partial charge in [0.15, 0.2) is 0 Å². The monoisotopic (exact) mass is 394 g/mol. The van der Waals surface area contributed by atoms with Gasteiger partial charge in [-0.25, -0.2) is 0 Å². The average molecular weight is 395 g/mol. The number of para-hydroxylation sites is 2. The number of fused-ring (bicyclic) bond motifs is 1. The second-order valence-corrected chi connectivity index (χ2v) is 8.12. The van der Waals surface area contributed by atoms with Gasteiger partial charge in [-0.2, -0.15) is 0 Å². The number of nitrogens with zero attached hydrogens (tertiary/aromatic N) is 1. The molecule has 0 saturated carbocycles. The molecule has 5 heteroatoms. The summed E-state index contributed by atoms with van der Waals surface area (Å²) in [6.45, 7) is 7.62. The lowest BCUT2D eigenvalue weighted by molar-refractivity contribution is 0.0377. The fourth-order valence-electron chi connectivity index (χ4n) is 4.41. The molecular formula is C24H30N2O3. The second kappa shape index (κ2) is 8.07. The van der Waals surface area contributed by atoms with E-state index in [4.69, 9.17) is 9.47 Å². The maximum atomic E-state index is 13.5. The first-order chi connectivity index (χ1) is 14.0. The van der Waals surface area contributed by atoms with Gasteiger partial charge in [0.2, 0.25) is 0 Å². The van der Waals surface area contributed by atoms with Crippen LogP contribution in [0.3, 0.4) is 0 Å². The Hall–Kier alpha value is -2.53. The third-order valence-electron chi connectivity index (χ3n) is 6.13. The van der Waals surface area contributed by atoms with Crippen LogP contribution in [0.4, 0.5) is 5.69 Å². The molecule has 5 nitrogen and oxygen atoms in total. The van der Waals surface area contributed by atoms with Crippen molar-refractivity contribution < 1.29 is 14.3 Å². The molecule has 2 heterocycles. The van der Waals surface area contributed by atoms with Crippen LogP contribution in [0, 0.1) is 0 Å². The SMILES string of the molecule is CCC(C)N1C(=O)c2ccccc2NC1(C)c1ccccc1OCC1CCCO1. The molecular weight excluding hydrogens is 364 g/mol. The van der Waals surface area contributed by atoms with Gasteiger partial charge in [0.1, 0.15) is 18.0 Å². The molecule has 0 aliphatic carbocycles. The summed E-state index contributed by atoms with van der Waals surface area (Å²) in [5, 5.41) is 3.65. The van der Waals surface area contributed by atoms with Gasteiger partial charge in [-0.3, -0.25) is 4.79 Å². The molecule has 0 aromatic heterocycles. The zero-order valence-electron chi connectivity index (χ0n) is 17.5. The molecule has 2 aliphatic heterocycles. The van der Waals surface area contributed by atoms with Crippen molar-refractivity contribution in [3.63, 3.8) is 0 Å². The van der Waals surface area contributed by atoms with Crippen LogP contribution in [-0.4, -0.2) is 36.2 Å². The molecule has 1 N–H and O–H groups in total. The van der Waals surface area contributed by atoms with E-state index in [1.165, 1.54) is 0 Å². The lowest BCUT2D eigenvalue weighted by Gasteiger charge is -2.49. The lowest BCUT2D eigenvalue weighted by Crippen LogP contribution is -2.59. The Bertz CT molecular complexity index is 878. The van der Waals surface area contributed by atoms with E-state index in [1.54, 1.807) is 0 Å². The van der Waals surface area contributed by atoms with Crippen molar-refractivity contribution in [2.24, 2.45) is 0 Å². The van der Waals surface area contributed by atoms with Crippen LogP contribution in [0.1, 0.15) is 56.0 Å². The average Bonchev–Trinajstić information content (AvgIpc) is 3.26. The highest BCUT2D eigenvalue weighted by molar-refractivity contribution is 6.02. The van der Waals surface area contributed by atoms with E-state index < -0.39 is 5.66 Å². The maximum Gasteiger partial charge on any atom is 0.258 e. The van der Waals surface area contributed by atoms with Crippen molar-refractivity contribution in [3.05, 3.63) is 59.7 Å². The summed E-state index contributed by atoms with van der Waals surface area (Å²) in [5.74, 6) is 0.837. The summed E-state index contributed by atoms with van der Waals surface area (Å²) in [4.78, 5) is 15.5. The second-order valence-electron chi connectivity index (χ2n) is 8.12. The summed E-state index contributed by atoms with van der Waals surface area (Å²) < 4.78 is 11.9. The zero-order chi connectivity index (χ0) is 20.4. The molecule has 1 fully saturated rings. The summed E-state index contributed by atoms with van der Waals surface area (Å²) in [5.41, 5.74) is 1.81. The van der Waals surface area contributed by atoms with E-state index in [-0.39, 0.29) is 18.1 Å². The predicted molar refractivity (Wildman–Crippen MR) is 114 cm³/mol. The number of carbonyl (C=O) groups is 1. The van der Waals surface area contributed by atoms with E-state index >= 15 is 0 Å². The maximum absolute atomic E-state index is 13.5. The fourth-order valence-corrected chi connectivity index (χ4v) is 4.41. The van der Waals surface area contributed by atoms with E-state index in [0.717, 1.165) is 42.9 Å². The molecule has 2 aromatic carbocycles. The molecule has 0 spiro atoms. The minimum atomic E-state index is -0.714. The Morgan fingerprint density at radius 2 is 2.00 bits per heavy atom. The van der Waals surface area contributed by atoms with Gasteiger partial charge in [0, 0.05) is 23.9 Å². The number of anilines is 1. The Morgan fingerprint density at radius 3 is 2.76 bits per heavy atom. The van der Waals surface area contributed by atoms with Crippen LogP contribution in [0.2, 0.25) is 0 Å². The Kier molecular flexibility index (Phi) is 5.50. The van der Waals surface area contributed by atoms with Gasteiger partial charge in [-0.15, -0.1) is 0 Å². The van der Waals surface area contributed by atoms with Crippen molar-refractivity contribution >= 4 is 11.6 Å². The molecule has 2 aromatic rings. The van der Waals surface area contributed by atoms with Crippen LogP contribution in [0.25, 0.3) is 0 Å². The summed E-state index contributed by atoms with van der Waals surface area (Å²) >= 11 is 0. The van der Waals surface area contributed by atoms with Gasteiger partial charge in [0.05, 0.1) is 11.7 Å². The number of carbonyl (C=O) groups excluding carboxylic acids is 1. The van der Waals surface area contributed by atoms with Crippen LogP contribution in [0.15, 0.2) is 48.5 Å². The zero-order valence-corrected chi connectivity index (χ0v) is 17.5. The first-order valence-corrected chi connectivity index (χ1v) is 10.6. The Morgan fingerprint density at radius 1 is 1.24 bits per heavy atom. The van der Waals surface area contributed by atoms with Crippen LogP contribution < -0.4 is 10.1 Å². The number of rotatable bonds is 6. The Balaban J connectivity index is 1.74. The predicted octanol–water partition coefficient (Wildman–Crippen LogP) is 4.78. The summed E-state index contributed by atoms with van der Waals surface area (Å²) in [7, 11) is 0. The van der Waals surface area contributed by atoms with Crippen molar-refractivity contribution in [3.8, 4) is 5.75 Å². The largest absolute Gasteiger partial charge is 0.490 e. The van der Waals surface area contributed by atoms with E-state index in [9.17, 15) is 4.79 Å². The van der Waals surface area contributed by atoms with Gasteiger partial charge < -0.3 is 19.7 Å². The standard InChI is InChI=1S/C24H30N2O3/c1-4-17(2)26-23(27)19-11-5-7-13-21(19)25-24(26,3)20-12-6-8-14-22(20)29-16-18-10-9-15-28-18/h5-8,11-14,17-18,25H,4,9-10,15-16H2,1-3H3. The topological polar surface area (TPSA) is 50.8 Å². The molecule has 1 saturated heterocycles. The van der Waals surface area contributed by atoms with Gasteiger partial charge in [-0.05, 0) is 51.3 Å². The molecule has 1 amide bonds. The molecule has 2 aliphatic rings. The van der Waals surface area contributed by atoms with Crippen LogP contribution in [0.5, 0.6) is 5.75 Å². The van der Waals surface area contributed by atoms with Gasteiger partial charge in [0.25, 0.3) is 5.91 Å². The quantitative estimate of drug-likeness (QED) is 0.766. The molecule has 3 atom stereocenters. The van der Waals surface area contributed by atoms with E-state index in [2.05, 4.69) is 32.2 Å². The van der Waals surface area contributed by atoms with E-state index in [0.29, 0.717) is 12.2 Å². The smallest absolute Gasteiger partial charge is 0.258 e. The highest BCUT2D eigenvalue weighted by Crippen LogP contribution is 2.42. The third-order valence-corrected chi connectivity index (χ3v) is 6.13. The van der Waals surface area contributed by atoms with Crippen molar-refractivity contribution in [1.29, 1.82) is 0 Å². The van der Waals surface area contributed by atoms with Crippen molar-refractivity contribution in [2.45, 2.75) is 57.8 Å². The third kappa shape index (κ3) is 3.60. The molecule has 0 bridgehead atoms. The van der Waals surface area contributed by atoms with Crippen LogP contribution in [-0.2, 0) is 10.4 Å². The van der Waals surface area contributed by atoms with Crippen LogP contribution >= 0.6 is 0 Å². The number of ether oxygens (including phenoxy) is 2. The van der Waals surface area contributed by atoms with E-state index in [1.807, 2.05) is 47.4 Å².